The van der Waals surface area contributed by atoms with E-state index < -0.39 is 29.8 Å². The number of aliphatic hydroxyl groups excluding tert-OH is 1. The molecule has 1 aliphatic rings. The van der Waals surface area contributed by atoms with Crippen LogP contribution in [0.25, 0.3) is 5.57 Å². The van der Waals surface area contributed by atoms with Gasteiger partial charge in [-0.25, -0.2) is 13.8 Å². The number of rotatable bonds is 11. The fourth-order valence-corrected chi connectivity index (χ4v) is 3.80. The van der Waals surface area contributed by atoms with Crippen molar-refractivity contribution in [3.05, 3.63) is 95.9 Å². The highest BCUT2D eigenvalue weighted by Crippen LogP contribution is 2.38. The molecular formula is C29H34F3N3O2. The topological polar surface area (TPSA) is 71.1 Å². The minimum absolute atomic E-state index is 0.0105. The van der Waals surface area contributed by atoms with Gasteiger partial charge in [0.15, 0.2) is 11.6 Å². The molecule has 0 saturated carbocycles. The molecule has 0 aliphatic carbocycles. The van der Waals surface area contributed by atoms with Crippen LogP contribution in [0.3, 0.4) is 0 Å². The predicted molar refractivity (Wildman–Crippen MR) is 141 cm³/mol. The Hall–Kier alpha value is -3.52. The lowest BCUT2D eigenvalue weighted by atomic mass is 9.79. The van der Waals surface area contributed by atoms with Crippen LogP contribution in [0.2, 0.25) is 0 Å². The van der Waals surface area contributed by atoms with Gasteiger partial charge in [-0.3, -0.25) is 4.39 Å². The van der Waals surface area contributed by atoms with E-state index in [2.05, 4.69) is 11.7 Å². The number of amidine groups is 1. The Balaban J connectivity index is 1.70. The fraction of sp³-hybridized carbons (Fsp3) is 0.345. The summed E-state index contributed by atoms with van der Waals surface area (Å²) in [5.74, 6) is -0.399. The maximum absolute atomic E-state index is 15.4. The Kier molecular flexibility index (Phi) is 9.21. The molecule has 3 rings (SSSR count). The Labute approximate surface area is 216 Å². The van der Waals surface area contributed by atoms with Crippen LogP contribution < -0.4 is 10.5 Å². The quantitative estimate of drug-likeness (QED) is 0.266. The van der Waals surface area contributed by atoms with Gasteiger partial charge in [0.1, 0.15) is 11.7 Å². The van der Waals surface area contributed by atoms with E-state index in [0.29, 0.717) is 28.2 Å². The van der Waals surface area contributed by atoms with Gasteiger partial charge in [0.2, 0.25) is 0 Å². The van der Waals surface area contributed by atoms with Gasteiger partial charge < -0.3 is 15.6 Å². The molecule has 2 aromatic rings. The number of hydrogen-bond donors (Lipinski definition) is 2. The minimum Gasteiger partial charge on any atom is -0.490 e. The summed E-state index contributed by atoms with van der Waals surface area (Å²) in [5, 5.41) is 16.6. The van der Waals surface area contributed by atoms with Crippen LogP contribution in [-0.4, -0.2) is 29.2 Å². The van der Waals surface area contributed by atoms with Crippen molar-refractivity contribution in [1.82, 2.24) is 5.01 Å². The maximum atomic E-state index is 15.4. The Morgan fingerprint density at radius 1 is 1.22 bits per heavy atom. The van der Waals surface area contributed by atoms with Gasteiger partial charge in [0.25, 0.3) is 0 Å². The van der Waals surface area contributed by atoms with E-state index in [9.17, 15) is 13.9 Å². The van der Waals surface area contributed by atoms with Crippen molar-refractivity contribution < 1.29 is 23.0 Å². The van der Waals surface area contributed by atoms with Crippen LogP contribution in [0.5, 0.6) is 5.75 Å². The molecule has 37 heavy (non-hydrogen) atoms. The number of nitrogens with zero attached hydrogens (tertiary/aromatic N) is 2. The average molecular weight is 514 g/mol. The fourth-order valence-electron chi connectivity index (χ4n) is 3.80. The maximum Gasteiger partial charge on any atom is 0.172 e. The lowest BCUT2D eigenvalue weighted by Gasteiger charge is -2.32. The van der Waals surface area contributed by atoms with Crippen LogP contribution in [0, 0.1) is 23.0 Å². The number of ether oxygens (including phenoxy) is 1. The van der Waals surface area contributed by atoms with Crippen molar-refractivity contribution in [3.8, 4) is 5.75 Å². The van der Waals surface area contributed by atoms with Crippen molar-refractivity contribution in [3.63, 3.8) is 0 Å². The van der Waals surface area contributed by atoms with Gasteiger partial charge in [0.05, 0.1) is 25.1 Å². The van der Waals surface area contributed by atoms with Gasteiger partial charge in [-0.15, -0.1) is 0 Å². The Morgan fingerprint density at radius 3 is 2.54 bits per heavy atom. The first-order chi connectivity index (χ1) is 17.6. The highest BCUT2D eigenvalue weighted by atomic mass is 19.1. The molecule has 0 saturated heterocycles. The summed E-state index contributed by atoms with van der Waals surface area (Å²) in [7, 11) is 0. The van der Waals surface area contributed by atoms with Crippen molar-refractivity contribution in [2.24, 2.45) is 22.2 Å². The third-order valence-electron chi connectivity index (χ3n) is 6.71. The second kappa shape index (κ2) is 12.1. The molecule has 0 bridgehead atoms. The van der Waals surface area contributed by atoms with Crippen molar-refractivity contribution >= 4 is 11.4 Å². The smallest absolute Gasteiger partial charge is 0.172 e. The van der Waals surface area contributed by atoms with E-state index in [4.69, 9.17) is 10.5 Å². The van der Waals surface area contributed by atoms with Crippen LogP contribution in [-0.2, 0) is 0 Å². The third kappa shape index (κ3) is 6.63. The number of hydrazone groups is 1. The van der Waals surface area contributed by atoms with Gasteiger partial charge in [0, 0.05) is 23.1 Å². The number of alkyl halides is 1. The molecule has 3 atom stereocenters. The molecule has 0 amide bonds. The van der Waals surface area contributed by atoms with Gasteiger partial charge in [-0.1, -0.05) is 51.6 Å². The van der Waals surface area contributed by atoms with E-state index in [1.807, 2.05) is 13.8 Å². The molecule has 0 aromatic heterocycles. The minimum atomic E-state index is -1.20. The lowest BCUT2D eigenvalue weighted by molar-refractivity contribution is 0.00192. The number of halogens is 3. The largest absolute Gasteiger partial charge is 0.490 e. The van der Waals surface area contributed by atoms with E-state index in [1.54, 1.807) is 42.4 Å². The van der Waals surface area contributed by atoms with E-state index in [0.717, 1.165) is 6.42 Å². The molecule has 0 spiro atoms. The first kappa shape index (κ1) is 28.1. The molecular weight excluding hydrogens is 479 g/mol. The van der Waals surface area contributed by atoms with E-state index in [-0.39, 0.29) is 24.7 Å². The van der Waals surface area contributed by atoms with Crippen LogP contribution in [0.15, 0.2) is 78.2 Å². The second-order valence-electron chi connectivity index (χ2n) is 9.54. The molecule has 3 unspecified atom stereocenters. The van der Waals surface area contributed by atoms with Crippen LogP contribution in [0.1, 0.15) is 50.8 Å². The average Bonchev–Trinajstić information content (AvgIpc) is 2.90. The molecule has 1 aliphatic heterocycles. The summed E-state index contributed by atoms with van der Waals surface area (Å²) in [6.07, 6.45) is 4.87. The third-order valence-corrected chi connectivity index (χ3v) is 6.71. The summed E-state index contributed by atoms with van der Waals surface area (Å²) in [6.45, 7) is 8.71. The number of allylic oxidation sites excluding steroid dienone is 3. The first-order valence-electron chi connectivity index (χ1n) is 12.2. The van der Waals surface area contributed by atoms with Crippen molar-refractivity contribution in [1.29, 1.82) is 0 Å². The predicted octanol–water partition coefficient (Wildman–Crippen LogP) is 6.49. The molecule has 3 N–H and O–H groups in total. The second-order valence-corrected chi connectivity index (χ2v) is 9.54. The zero-order valence-corrected chi connectivity index (χ0v) is 21.4. The van der Waals surface area contributed by atoms with E-state index in [1.165, 1.54) is 30.3 Å². The number of aliphatic hydroxyl groups is 1. The zero-order chi connectivity index (χ0) is 27.2. The number of hydrogen-bond acceptors (Lipinski definition) is 4. The summed E-state index contributed by atoms with van der Waals surface area (Å²) in [6, 6.07) is 10.0. The van der Waals surface area contributed by atoms with Crippen LogP contribution >= 0.6 is 0 Å². The highest BCUT2D eigenvalue weighted by Gasteiger charge is 2.34. The SMILES string of the molecule is C=C1C=C(c2cccc(OCCC(C)(CF)C(O)c3ccc(F)cc3)c2F)C=CN1/N=C(/N)C(C)CC. The summed E-state index contributed by atoms with van der Waals surface area (Å²) >= 11 is 0. The molecule has 8 heteroatoms. The lowest BCUT2D eigenvalue weighted by Crippen LogP contribution is -2.30. The van der Waals surface area contributed by atoms with E-state index >= 15 is 4.39 Å². The van der Waals surface area contributed by atoms with Crippen molar-refractivity contribution in [2.45, 2.75) is 39.7 Å². The molecule has 0 radical (unpaired) electrons. The molecule has 5 nitrogen and oxygen atoms in total. The number of nitrogens with two attached hydrogens (primary N) is 1. The Morgan fingerprint density at radius 2 is 1.92 bits per heavy atom. The molecule has 2 aromatic carbocycles. The Bertz CT molecular complexity index is 1190. The standard InChI is InChI=1S/C29H34F3N3O2/c1-5-19(2)28(33)34-35-15-13-22(17-20(35)3)24-7-6-8-25(26(24)32)37-16-14-29(4,18-30)27(36)21-9-11-23(31)12-10-21/h6-13,15,17,19,27,36H,3,5,14,16,18H2,1-2,4H3,(H2,33,34). The van der Waals surface area contributed by atoms with Gasteiger partial charge in [-0.2, -0.15) is 5.10 Å². The van der Waals surface area contributed by atoms with Gasteiger partial charge >= 0.3 is 0 Å². The summed E-state index contributed by atoms with van der Waals surface area (Å²) in [4.78, 5) is 0. The monoisotopic (exact) mass is 513 g/mol. The van der Waals surface area contributed by atoms with Gasteiger partial charge in [-0.05, 0) is 54.3 Å². The summed E-state index contributed by atoms with van der Waals surface area (Å²) < 4.78 is 48.2. The normalized spacial score (nSPS) is 17.3. The van der Waals surface area contributed by atoms with Crippen molar-refractivity contribution in [2.75, 3.05) is 13.3 Å². The highest BCUT2D eigenvalue weighted by molar-refractivity contribution is 5.83. The number of benzene rings is 2. The van der Waals surface area contributed by atoms with Crippen LogP contribution in [0.4, 0.5) is 13.2 Å². The molecule has 0 fully saturated rings. The molecule has 198 valence electrons. The molecule has 1 heterocycles. The summed E-state index contributed by atoms with van der Waals surface area (Å²) in [5.41, 5.74) is 6.67. The first-order valence-corrected chi connectivity index (χ1v) is 12.2. The zero-order valence-electron chi connectivity index (χ0n) is 21.4.